The van der Waals surface area contributed by atoms with Crippen LogP contribution in [0.4, 0.5) is 4.79 Å². The first kappa shape index (κ1) is 47.9. The summed E-state index contributed by atoms with van der Waals surface area (Å²) >= 11 is 3.64. The Morgan fingerprint density at radius 1 is 0.623 bits per heavy atom. The summed E-state index contributed by atoms with van der Waals surface area (Å²) in [5, 5.41) is 9.39. The molecule has 2 aliphatic heterocycles. The maximum absolute atomic E-state index is 11.3. The minimum Gasteiger partial charge on any atom is -0.453 e. The van der Waals surface area contributed by atoms with Gasteiger partial charge in [-0.05, 0) is 47.9 Å². The van der Waals surface area contributed by atoms with Crippen molar-refractivity contribution >= 4 is 55.9 Å². The highest BCUT2D eigenvalue weighted by Gasteiger charge is 2.19. The van der Waals surface area contributed by atoms with Gasteiger partial charge in [0.2, 0.25) is 17.7 Å². The monoisotopic (exact) mass is 868 g/mol. The highest BCUT2D eigenvalue weighted by atomic mass is 32.1. The Labute approximate surface area is 367 Å². The third-order valence-corrected chi connectivity index (χ3v) is 11.4. The summed E-state index contributed by atoms with van der Waals surface area (Å²) in [5.74, 6) is -0.159. The highest BCUT2D eigenvalue weighted by Crippen LogP contribution is 2.44. The summed E-state index contributed by atoms with van der Waals surface area (Å²) in [4.78, 5) is 61.8. The standard InChI is InChI=1S/C24H16N4S2.C8H14N2O3.C8H14N2O2.2C3H8/c1-5-17(21-9-25-13-27-21)6-2-15(1)19-11-29-24-20(12-30-23(19)24)16-3-7-18(8-4-16)22-10-26-14-28-22;1-13-8(12)9-6-7(11)10-4-2-3-5-10;1-7(11)9-6-8(12)10-4-2-3-5-10;2*1-3-2/h1-14H,(H,25,27)(H,26,28);2-6H2,1H3,(H,9,12);2-6H2,1H3,(H,9,11);2*3H2,1-2H3. The Morgan fingerprint density at radius 2 is 0.984 bits per heavy atom. The van der Waals surface area contributed by atoms with E-state index < -0.39 is 6.09 Å². The molecule has 0 radical (unpaired) electrons. The van der Waals surface area contributed by atoms with E-state index >= 15 is 0 Å². The minimum atomic E-state index is -0.562. The number of methoxy groups -OCH3 is 1. The van der Waals surface area contributed by atoms with Crippen molar-refractivity contribution < 1.29 is 23.9 Å². The number of likely N-dealkylation sites (tertiary alicyclic amines) is 2. The normalized spacial score (nSPS) is 12.7. The third-order valence-electron chi connectivity index (χ3n) is 9.27. The van der Waals surface area contributed by atoms with Crippen LogP contribution in [-0.4, -0.2) is 99.9 Å². The Kier molecular flexibility index (Phi) is 20.2. The van der Waals surface area contributed by atoms with Crippen molar-refractivity contribution in [3.05, 3.63) is 84.3 Å². The third kappa shape index (κ3) is 14.7. The van der Waals surface area contributed by atoms with Gasteiger partial charge in [0, 0.05) is 55.0 Å². The molecule has 61 heavy (non-hydrogen) atoms. The molecule has 15 heteroatoms. The fourth-order valence-electron chi connectivity index (χ4n) is 6.28. The first-order valence-corrected chi connectivity index (χ1v) is 22.7. The zero-order valence-corrected chi connectivity index (χ0v) is 37.8. The van der Waals surface area contributed by atoms with Gasteiger partial charge in [-0.25, -0.2) is 14.8 Å². The molecule has 2 aromatic carbocycles. The molecular weight excluding hydrogens is 809 g/mol. The number of fused-ring (bicyclic) bond motifs is 1. The van der Waals surface area contributed by atoms with Crippen molar-refractivity contribution in [2.75, 3.05) is 46.4 Å². The number of nitrogens with one attached hydrogen (secondary N) is 4. The number of hydrogen-bond acceptors (Lipinski definition) is 9. The van der Waals surface area contributed by atoms with Gasteiger partial charge in [-0.1, -0.05) is 89.1 Å². The number of rotatable bonds is 8. The van der Waals surface area contributed by atoms with Gasteiger partial charge in [0.1, 0.15) is 6.54 Å². The molecule has 2 aliphatic rings. The van der Waals surface area contributed by atoms with Crippen molar-refractivity contribution in [1.29, 1.82) is 0 Å². The first-order valence-electron chi connectivity index (χ1n) is 20.9. The predicted molar refractivity (Wildman–Crippen MR) is 248 cm³/mol. The molecular formula is C46H60N8O5S2. The number of ether oxygens (including phenoxy) is 1. The summed E-state index contributed by atoms with van der Waals surface area (Å²) in [5.41, 5.74) is 9.45. The smallest absolute Gasteiger partial charge is 0.407 e. The quantitative estimate of drug-likeness (QED) is 0.118. The number of benzene rings is 2. The van der Waals surface area contributed by atoms with Crippen molar-refractivity contribution in [2.45, 2.75) is 73.1 Å². The molecule has 4 aromatic heterocycles. The number of aromatic nitrogens is 4. The van der Waals surface area contributed by atoms with Crippen LogP contribution in [0, 0.1) is 0 Å². The molecule has 0 bridgehead atoms. The number of hydrogen-bond donors (Lipinski definition) is 4. The van der Waals surface area contributed by atoms with Gasteiger partial charge in [-0.2, -0.15) is 0 Å². The van der Waals surface area contributed by atoms with Gasteiger partial charge in [-0.3, -0.25) is 14.4 Å². The van der Waals surface area contributed by atoms with Crippen LogP contribution in [0.1, 0.15) is 73.1 Å². The SMILES string of the molecule is CC(=O)NCC(=O)N1CCCC1.CCC.CCC.COC(=O)NCC(=O)N1CCCC1.c1ncc(-c2ccc(-c3csc4c(-c5ccc(-c6cnc[nH]6)cc5)csc34)cc2)[nH]1. The predicted octanol–water partition coefficient (Wildman–Crippen LogP) is 9.62. The summed E-state index contributed by atoms with van der Waals surface area (Å²) in [7, 11) is 1.27. The lowest BCUT2D eigenvalue weighted by Gasteiger charge is -2.14. The van der Waals surface area contributed by atoms with Crippen LogP contribution in [0.2, 0.25) is 0 Å². The van der Waals surface area contributed by atoms with E-state index in [0.717, 1.165) is 74.4 Å². The molecule has 13 nitrogen and oxygen atoms in total. The van der Waals surface area contributed by atoms with Crippen LogP contribution >= 0.6 is 22.7 Å². The Bertz CT molecular complexity index is 2070. The Morgan fingerprint density at radius 3 is 1.31 bits per heavy atom. The number of amides is 4. The van der Waals surface area contributed by atoms with Crippen LogP contribution in [-0.2, 0) is 19.1 Å². The lowest BCUT2D eigenvalue weighted by Crippen LogP contribution is -2.38. The van der Waals surface area contributed by atoms with Crippen LogP contribution in [0.25, 0.3) is 54.2 Å². The van der Waals surface area contributed by atoms with E-state index in [1.807, 2.05) is 35.1 Å². The van der Waals surface area contributed by atoms with Crippen molar-refractivity contribution in [2.24, 2.45) is 0 Å². The number of thiophene rings is 2. The van der Waals surface area contributed by atoms with E-state index in [9.17, 15) is 19.2 Å². The zero-order chi connectivity index (χ0) is 44.0. The zero-order valence-electron chi connectivity index (χ0n) is 36.2. The second-order valence-electron chi connectivity index (χ2n) is 14.4. The average molecular weight is 869 g/mol. The maximum Gasteiger partial charge on any atom is 0.407 e. The Balaban J connectivity index is 0.000000219. The fourth-order valence-corrected chi connectivity index (χ4v) is 8.74. The van der Waals surface area contributed by atoms with Crippen molar-refractivity contribution in [3.63, 3.8) is 0 Å². The van der Waals surface area contributed by atoms with Gasteiger partial charge in [0.05, 0.1) is 59.5 Å². The number of H-pyrrole nitrogens is 2. The van der Waals surface area contributed by atoms with Gasteiger partial charge < -0.3 is 35.1 Å². The molecule has 0 atom stereocenters. The highest BCUT2D eigenvalue weighted by molar-refractivity contribution is 7.27. The molecule has 326 valence electrons. The van der Waals surface area contributed by atoms with Gasteiger partial charge >= 0.3 is 6.09 Å². The molecule has 0 saturated carbocycles. The molecule has 6 heterocycles. The molecule has 0 spiro atoms. The fraction of sp³-hybridized carbons (Fsp3) is 0.391. The number of nitrogens with zero attached hydrogens (tertiary/aromatic N) is 4. The summed E-state index contributed by atoms with van der Waals surface area (Å²) in [6, 6.07) is 17.4. The van der Waals surface area contributed by atoms with E-state index in [1.54, 1.807) is 22.5 Å². The van der Waals surface area contributed by atoms with Crippen LogP contribution in [0.3, 0.4) is 0 Å². The Hall–Kier alpha value is -5.80. The van der Waals surface area contributed by atoms with Crippen LogP contribution < -0.4 is 10.6 Å². The molecule has 4 N–H and O–H groups in total. The molecule has 0 aliphatic carbocycles. The molecule has 0 unspecified atom stereocenters. The maximum atomic E-state index is 11.3. The second kappa shape index (κ2) is 25.7. The molecule has 6 aromatic rings. The second-order valence-corrected chi connectivity index (χ2v) is 16.1. The van der Waals surface area contributed by atoms with E-state index in [1.165, 1.54) is 58.5 Å². The van der Waals surface area contributed by atoms with E-state index in [-0.39, 0.29) is 30.8 Å². The van der Waals surface area contributed by atoms with Crippen molar-refractivity contribution in [1.82, 2.24) is 40.4 Å². The molecule has 2 fully saturated rings. The van der Waals surface area contributed by atoms with Crippen LogP contribution in [0.15, 0.2) is 84.3 Å². The number of aromatic amines is 2. The molecule has 2 saturated heterocycles. The molecule has 8 rings (SSSR count). The number of alkyl carbamates (subject to hydrolysis) is 1. The summed E-state index contributed by atoms with van der Waals surface area (Å²) < 4.78 is 7.04. The van der Waals surface area contributed by atoms with Gasteiger partial charge in [-0.15, -0.1) is 22.7 Å². The lowest BCUT2D eigenvalue weighted by molar-refractivity contribution is -0.131. The summed E-state index contributed by atoms with van der Waals surface area (Å²) in [6.45, 7) is 13.4. The summed E-state index contributed by atoms with van der Waals surface area (Å²) in [6.07, 6.45) is 13.3. The largest absolute Gasteiger partial charge is 0.453 e. The molecule has 4 amide bonds. The van der Waals surface area contributed by atoms with E-state index in [4.69, 9.17) is 0 Å². The number of imidazole rings is 2. The number of carbonyl (C=O) groups excluding carboxylic acids is 4. The van der Waals surface area contributed by atoms with Crippen molar-refractivity contribution in [3.8, 4) is 44.8 Å². The topological polar surface area (TPSA) is 165 Å². The lowest BCUT2D eigenvalue weighted by atomic mass is 10.0. The van der Waals surface area contributed by atoms with Gasteiger partial charge in [0.25, 0.3) is 0 Å². The average Bonchev–Trinajstić information content (AvgIpc) is 4.13. The van der Waals surface area contributed by atoms with Crippen LogP contribution in [0.5, 0.6) is 0 Å². The van der Waals surface area contributed by atoms with E-state index in [0.29, 0.717) is 0 Å². The van der Waals surface area contributed by atoms with Gasteiger partial charge in [0.15, 0.2) is 0 Å². The number of carbonyl (C=O) groups is 4. The first-order chi connectivity index (χ1) is 29.6. The van der Waals surface area contributed by atoms with E-state index in [2.05, 4.69) is 122 Å². The minimum absolute atomic E-state index is 0.0303.